The fourth-order valence-electron chi connectivity index (χ4n) is 2.87. The molecular formula is C25H25ClN2O4. The van der Waals surface area contributed by atoms with Crippen molar-refractivity contribution in [3.05, 3.63) is 84.1 Å². The van der Waals surface area contributed by atoms with Gasteiger partial charge in [0.2, 0.25) is 5.91 Å². The lowest BCUT2D eigenvalue weighted by Crippen LogP contribution is -2.43. The third-order valence-electron chi connectivity index (χ3n) is 4.52. The van der Waals surface area contributed by atoms with Gasteiger partial charge in [-0.1, -0.05) is 54.8 Å². The molecule has 1 atom stereocenters. The number of carbonyl (C=O) groups excluding carboxylic acids is 3. The van der Waals surface area contributed by atoms with Crippen LogP contribution in [-0.4, -0.2) is 35.4 Å². The van der Waals surface area contributed by atoms with Crippen molar-refractivity contribution in [2.75, 3.05) is 7.11 Å². The minimum Gasteiger partial charge on any atom is -0.467 e. The first-order valence-corrected chi connectivity index (χ1v) is 10.4. The summed E-state index contributed by atoms with van der Waals surface area (Å²) >= 11 is 5.64. The summed E-state index contributed by atoms with van der Waals surface area (Å²) in [6, 6.07) is 15.4. The summed E-state index contributed by atoms with van der Waals surface area (Å²) in [7, 11) is 1.29. The molecule has 2 aromatic carbocycles. The number of benzene rings is 2. The van der Waals surface area contributed by atoms with Crippen LogP contribution in [0.5, 0.6) is 0 Å². The van der Waals surface area contributed by atoms with Gasteiger partial charge >= 0.3 is 5.97 Å². The van der Waals surface area contributed by atoms with Crippen LogP contribution in [0.4, 0.5) is 0 Å². The lowest BCUT2D eigenvalue weighted by Gasteiger charge is -2.16. The van der Waals surface area contributed by atoms with E-state index in [1.165, 1.54) is 13.3 Å². The monoisotopic (exact) mass is 452 g/mol. The predicted octanol–water partition coefficient (Wildman–Crippen LogP) is 3.85. The number of esters is 1. The van der Waals surface area contributed by atoms with Gasteiger partial charge in [0.05, 0.1) is 7.11 Å². The molecule has 0 radical (unpaired) electrons. The maximum Gasteiger partial charge on any atom is 0.328 e. The fraction of sp³-hybridized carbons (Fsp3) is 0.240. The zero-order valence-corrected chi connectivity index (χ0v) is 18.6. The van der Waals surface area contributed by atoms with Gasteiger partial charge in [0.25, 0.3) is 5.91 Å². The Bertz CT molecular complexity index is 1010. The van der Waals surface area contributed by atoms with Crippen molar-refractivity contribution in [3.8, 4) is 11.8 Å². The lowest BCUT2D eigenvalue weighted by molar-refractivity contribution is -0.142. The van der Waals surface area contributed by atoms with Crippen molar-refractivity contribution in [2.45, 2.75) is 31.7 Å². The van der Waals surface area contributed by atoms with Gasteiger partial charge in [0.1, 0.15) is 6.04 Å². The summed E-state index contributed by atoms with van der Waals surface area (Å²) in [5, 5.41) is 2.74. The molecule has 32 heavy (non-hydrogen) atoms. The number of hydrogen-bond donors (Lipinski definition) is 1. The molecule has 0 aliphatic rings. The van der Waals surface area contributed by atoms with E-state index in [1.54, 1.807) is 24.3 Å². The highest BCUT2D eigenvalue weighted by Gasteiger charge is 2.22. The molecule has 0 bridgehead atoms. The second-order valence-corrected chi connectivity index (χ2v) is 7.23. The zero-order chi connectivity index (χ0) is 23.3. The molecule has 0 aliphatic heterocycles. The number of nitrogens with one attached hydrogen (secondary N) is 1. The molecule has 7 heteroatoms. The average molecular weight is 453 g/mol. The molecule has 0 saturated heterocycles. The normalized spacial score (nSPS) is 10.8. The van der Waals surface area contributed by atoms with Crippen LogP contribution in [0.2, 0.25) is 0 Å². The number of halogens is 1. The summed E-state index contributed by atoms with van der Waals surface area (Å²) in [5.74, 6) is 4.83. The largest absolute Gasteiger partial charge is 0.467 e. The van der Waals surface area contributed by atoms with Crippen LogP contribution >= 0.6 is 11.8 Å². The van der Waals surface area contributed by atoms with E-state index in [2.05, 4.69) is 23.7 Å². The summed E-state index contributed by atoms with van der Waals surface area (Å²) in [5.41, 5.74) is 1.95. The standard InChI is InChI=1S/C25H25ClN2O4/c1-3-28(26)23(29)16-9-5-8-11-19-14-10-15-21(17-19)24(30)27-22(25(31)32-2)18-20-12-6-4-7-13-20/h3-4,6-7,10,12-15,17,22H,1,5,9,16,18H2,2H3,(H,27,30)/t22-/m0/s1. The molecule has 0 fully saturated rings. The maximum atomic E-state index is 12.7. The van der Waals surface area contributed by atoms with Gasteiger partial charge in [-0.3, -0.25) is 9.59 Å². The minimum absolute atomic E-state index is 0.238. The second kappa shape index (κ2) is 13.0. The molecule has 2 amide bonds. The van der Waals surface area contributed by atoms with Gasteiger partial charge in [0.15, 0.2) is 0 Å². The Morgan fingerprint density at radius 2 is 1.94 bits per heavy atom. The third kappa shape index (κ3) is 7.93. The quantitative estimate of drug-likeness (QED) is 0.271. The van der Waals surface area contributed by atoms with E-state index in [9.17, 15) is 14.4 Å². The molecule has 0 saturated carbocycles. The summed E-state index contributed by atoms with van der Waals surface area (Å²) < 4.78 is 5.77. The van der Waals surface area contributed by atoms with Crippen LogP contribution < -0.4 is 5.32 Å². The van der Waals surface area contributed by atoms with Crippen LogP contribution in [0.15, 0.2) is 67.4 Å². The highest BCUT2D eigenvalue weighted by atomic mass is 35.5. The summed E-state index contributed by atoms with van der Waals surface area (Å²) in [6.45, 7) is 3.43. The number of amides is 2. The Hall–Kier alpha value is -3.56. The molecule has 0 unspecified atom stereocenters. The van der Waals surface area contributed by atoms with Gasteiger partial charge in [-0.25, -0.2) is 9.21 Å². The van der Waals surface area contributed by atoms with Crippen molar-refractivity contribution in [1.82, 2.24) is 9.74 Å². The first kappa shape index (κ1) is 24.7. The highest BCUT2D eigenvalue weighted by molar-refractivity contribution is 6.22. The van der Waals surface area contributed by atoms with E-state index in [4.69, 9.17) is 16.5 Å². The number of nitrogens with zero attached hydrogens (tertiary/aromatic N) is 1. The number of carbonyl (C=O) groups is 3. The second-order valence-electron chi connectivity index (χ2n) is 6.86. The van der Waals surface area contributed by atoms with E-state index in [-0.39, 0.29) is 12.3 Å². The van der Waals surface area contributed by atoms with Crippen molar-refractivity contribution in [3.63, 3.8) is 0 Å². The number of unbranched alkanes of at least 4 members (excludes halogenated alkanes) is 1. The first-order valence-electron chi connectivity index (χ1n) is 10.1. The Balaban J connectivity index is 1.99. The molecule has 0 aromatic heterocycles. The SMILES string of the molecule is C=CN(Cl)C(=O)CCCC#Cc1cccc(C(=O)N[C@@H](Cc2ccccc2)C(=O)OC)c1. The Labute approximate surface area is 193 Å². The van der Waals surface area contributed by atoms with Crippen molar-refractivity contribution in [2.24, 2.45) is 0 Å². The van der Waals surface area contributed by atoms with Gasteiger partial charge in [-0.2, -0.15) is 0 Å². The molecule has 2 aromatic rings. The fourth-order valence-corrected chi connectivity index (χ4v) is 2.95. The molecule has 0 spiro atoms. The van der Waals surface area contributed by atoms with Crippen molar-refractivity contribution in [1.29, 1.82) is 0 Å². The molecule has 0 aliphatic carbocycles. The molecule has 2 rings (SSSR count). The number of hydrogen-bond acceptors (Lipinski definition) is 4. The first-order chi connectivity index (χ1) is 15.4. The Kier molecular flexibility index (Phi) is 10.0. The van der Waals surface area contributed by atoms with E-state index >= 15 is 0 Å². The summed E-state index contributed by atoms with van der Waals surface area (Å²) in [4.78, 5) is 36.5. The van der Waals surface area contributed by atoms with Crippen LogP contribution in [0.25, 0.3) is 0 Å². The maximum absolute atomic E-state index is 12.7. The molecule has 6 nitrogen and oxygen atoms in total. The van der Waals surface area contributed by atoms with Gasteiger partial charge in [-0.05, 0) is 30.2 Å². The minimum atomic E-state index is -0.806. The molecule has 166 valence electrons. The van der Waals surface area contributed by atoms with Gasteiger partial charge in [-0.15, -0.1) is 0 Å². The van der Waals surface area contributed by atoms with E-state index in [0.29, 0.717) is 30.4 Å². The Morgan fingerprint density at radius 3 is 2.62 bits per heavy atom. The number of ether oxygens (including phenoxy) is 1. The topological polar surface area (TPSA) is 75.7 Å². The van der Waals surface area contributed by atoms with Crippen molar-refractivity contribution >= 4 is 29.6 Å². The zero-order valence-electron chi connectivity index (χ0n) is 17.8. The van der Waals surface area contributed by atoms with Crippen LogP contribution in [0.1, 0.15) is 40.7 Å². The third-order valence-corrected chi connectivity index (χ3v) is 4.85. The summed E-state index contributed by atoms with van der Waals surface area (Å²) in [6.07, 6.45) is 2.90. The molecule has 0 heterocycles. The van der Waals surface area contributed by atoms with E-state index in [1.807, 2.05) is 30.3 Å². The lowest BCUT2D eigenvalue weighted by atomic mass is 10.0. The molecule has 1 N–H and O–H groups in total. The van der Waals surface area contributed by atoms with Crippen LogP contribution in [-0.2, 0) is 20.7 Å². The van der Waals surface area contributed by atoms with Gasteiger partial charge in [0, 0.05) is 48.4 Å². The number of methoxy groups -OCH3 is 1. The Morgan fingerprint density at radius 1 is 1.19 bits per heavy atom. The van der Waals surface area contributed by atoms with Crippen LogP contribution in [0, 0.1) is 11.8 Å². The van der Waals surface area contributed by atoms with Crippen LogP contribution in [0.3, 0.4) is 0 Å². The van der Waals surface area contributed by atoms with E-state index in [0.717, 1.165) is 9.98 Å². The average Bonchev–Trinajstić information content (AvgIpc) is 2.83. The molecular weight excluding hydrogens is 428 g/mol. The highest BCUT2D eigenvalue weighted by Crippen LogP contribution is 2.09. The van der Waals surface area contributed by atoms with Crippen molar-refractivity contribution < 1.29 is 19.1 Å². The number of rotatable bonds is 9. The van der Waals surface area contributed by atoms with E-state index < -0.39 is 17.9 Å². The predicted molar refractivity (Wildman–Crippen MR) is 123 cm³/mol. The smallest absolute Gasteiger partial charge is 0.328 e. The van der Waals surface area contributed by atoms with Gasteiger partial charge < -0.3 is 10.1 Å².